The fraction of sp³-hybridized carbons (Fsp3) is 0.429. The van der Waals surface area contributed by atoms with Gasteiger partial charge in [-0.25, -0.2) is 13.4 Å². The molecule has 2 aromatic rings. The first-order valence-electron chi connectivity index (χ1n) is 9.63. The van der Waals surface area contributed by atoms with Crippen molar-refractivity contribution >= 4 is 15.7 Å². The Hall–Kier alpha value is -2.60. The van der Waals surface area contributed by atoms with E-state index in [4.69, 9.17) is 5.26 Å². The lowest BCUT2D eigenvalue weighted by atomic mass is 9.92. The van der Waals surface area contributed by atoms with Crippen LogP contribution in [0.25, 0.3) is 0 Å². The highest BCUT2D eigenvalue weighted by atomic mass is 32.2. The number of pyridine rings is 1. The number of alkyl halides is 3. The molecule has 5 nitrogen and oxygen atoms in total. The van der Waals surface area contributed by atoms with Crippen LogP contribution in [0.4, 0.5) is 19.0 Å². The normalized spacial score (nSPS) is 16.8. The molecule has 1 aliphatic heterocycles. The average molecular weight is 437 g/mol. The lowest BCUT2D eigenvalue weighted by molar-refractivity contribution is -0.137. The smallest absolute Gasteiger partial charge is 0.357 e. The maximum atomic E-state index is 12.9. The summed E-state index contributed by atoms with van der Waals surface area (Å²) in [6.07, 6.45) is -1.13. The van der Waals surface area contributed by atoms with Crippen molar-refractivity contribution in [2.75, 3.05) is 18.0 Å². The van der Waals surface area contributed by atoms with Crippen molar-refractivity contribution < 1.29 is 21.6 Å². The number of nitrogens with zero attached hydrogens (tertiary/aromatic N) is 3. The number of rotatable bonds is 5. The van der Waals surface area contributed by atoms with E-state index in [1.807, 2.05) is 6.07 Å². The number of benzene rings is 1. The Balaban J connectivity index is 1.62. The van der Waals surface area contributed by atoms with Crippen LogP contribution in [0.15, 0.2) is 47.5 Å². The summed E-state index contributed by atoms with van der Waals surface area (Å²) in [4.78, 5) is 6.08. The van der Waals surface area contributed by atoms with E-state index >= 15 is 0 Å². The molecule has 0 spiro atoms. The van der Waals surface area contributed by atoms with Gasteiger partial charge in [-0.15, -0.1) is 0 Å². The van der Waals surface area contributed by atoms with Gasteiger partial charge in [-0.2, -0.15) is 18.4 Å². The number of hydrogen-bond acceptors (Lipinski definition) is 5. The third-order valence-electron chi connectivity index (χ3n) is 5.50. The van der Waals surface area contributed by atoms with Crippen LogP contribution >= 0.6 is 0 Å². The quantitative estimate of drug-likeness (QED) is 0.691. The van der Waals surface area contributed by atoms with Crippen LogP contribution < -0.4 is 4.90 Å². The zero-order valence-electron chi connectivity index (χ0n) is 16.4. The van der Waals surface area contributed by atoms with Gasteiger partial charge in [0, 0.05) is 19.3 Å². The molecule has 3 rings (SSSR count). The number of halogens is 3. The maximum Gasteiger partial charge on any atom is 0.416 e. The molecule has 160 valence electrons. The lowest BCUT2D eigenvalue weighted by Gasteiger charge is -2.33. The van der Waals surface area contributed by atoms with Crippen molar-refractivity contribution in [3.63, 3.8) is 0 Å². The minimum atomic E-state index is -4.58. The first-order chi connectivity index (χ1) is 14.1. The Morgan fingerprint density at radius 3 is 2.50 bits per heavy atom. The minimum Gasteiger partial charge on any atom is -0.357 e. The first kappa shape index (κ1) is 22.1. The first-order valence-corrected chi connectivity index (χ1v) is 11.2. The van der Waals surface area contributed by atoms with E-state index in [9.17, 15) is 21.6 Å². The van der Waals surface area contributed by atoms with Crippen molar-refractivity contribution in [2.45, 2.75) is 42.5 Å². The van der Waals surface area contributed by atoms with Crippen LogP contribution in [0.1, 0.15) is 37.3 Å². The van der Waals surface area contributed by atoms with E-state index < -0.39 is 26.8 Å². The largest absolute Gasteiger partial charge is 0.416 e. The predicted molar refractivity (Wildman–Crippen MR) is 107 cm³/mol. The van der Waals surface area contributed by atoms with Gasteiger partial charge in [0.15, 0.2) is 9.84 Å². The molecule has 0 aliphatic carbocycles. The van der Waals surface area contributed by atoms with Gasteiger partial charge >= 0.3 is 6.18 Å². The van der Waals surface area contributed by atoms with E-state index in [2.05, 4.69) is 9.88 Å². The highest BCUT2D eigenvalue weighted by molar-refractivity contribution is 7.92. The SMILES string of the molecule is CC(CC1CCN(c2ccc(C#N)cn2)CC1)S(=O)(=O)c1cccc(C(F)(F)F)c1. The molecule has 0 radical (unpaired) electrons. The molecule has 1 unspecified atom stereocenters. The van der Waals surface area contributed by atoms with Gasteiger partial charge in [-0.3, -0.25) is 0 Å². The molecule has 9 heteroatoms. The minimum absolute atomic E-state index is 0.162. The summed E-state index contributed by atoms with van der Waals surface area (Å²) >= 11 is 0. The topological polar surface area (TPSA) is 74.1 Å². The Morgan fingerprint density at radius 1 is 1.23 bits per heavy atom. The standard InChI is InChI=1S/C21H22F3N3O2S/c1-15(30(28,29)19-4-2-3-18(12-19)21(22,23)24)11-16-7-9-27(10-8-16)20-6-5-17(13-25)14-26-20/h2-6,12,14-16H,7-11H2,1H3. The Morgan fingerprint density at radius 2 is 1.93 bits per heavy atom. The highest BCUT2D eigenvalue weighted by Gasteiger charge is 2.33. The molecule has 0 N–H and O–H groups in total. The van der Waals surface area contributed by atoms with E-state index in [0.29, 0.717) is 31.1 Å². The fourth-order valence-electron chi connectivity index (χ4n) is 3.71. The van der Waals surface area contributed by atoms with Crippen molar-refractivity contribution in [1.82, 2.24) is 4.98 Å². The number of piperidine rings is 1. The molecule has 30 heavy (non-hydrogen) atoms. The van der Waals surface area contributed by atoms with Crippen LogP contribution in [0.2, 0.25) is 0 Å². The Labute approximate surface area is 174 Å². The van der Waals surface area contributed by atoms with Gasteiger partial charge in [0.1, 0.15) is 11.9 Å². The third kappa shape index (κ3) is 4.93. The zero-order valence-corrected chi connectivity index (χ0v) is 17.2. The van der Waals surface area contributed by atoms with E-state index in [0.717, 1.165) is 30.8 Å². The zero-order chi connectivity index (χ0) is 21.9. The van der Waals surface area contributed by atoms with Gasteiger partial charge in [-0.05, 0) is 62.4 Å². The summed E-state index contributed by atoms with van der Waals surface area (Å²) in [6, 6.07) is 9.46. The lowest BCUT2D eigenvalue weighted by Crippen LogP contribution is -2.35. The summed E-state index contributed by atoms with van der Waals surface area (Å²) in [5.74, 6) is 0.937. The molecular weight excluding hydrogens is 415 g/mol. The summed E-state index contributed by atoms with van der Waals surface area (Å²) in [5, 5.41) is 8.08. The van der Waals surface area contributed by atoms with Crippen LogP contribution in [0.5, 0.6) is 0 Å². The molecule has 1 saturated heterocycles. The third-order valence-corrected chi connectivity index (χ3v) is 7.66. The average Bonchev–Trinajstić information content (AvgIpc) is 2.74. The molecule has 0 amide bonds. The van der Waals surface area contributed by atoms with E-state index in [-0.39, 0.29) is 10.8 Å². The van der Waals surface area contributed by atoms with Gasteiger partial charge in [0.25, 0.3) is 0 Å². The van der Waals surface area contributed by atoms with Crippen molar-refractivity contribution in [3.8, 4) is 6.07 Å². The van der Waals surface area contributed by atoms with Crippen LogP contribution in [0.3, 0.4) is 0 Å². The van der Waals surface area contributed by atoms with Gasteiger partial charge in [-0.1, -0.05) is 6.07 Å². The monoisotopic (exact) mass is 437 g/mol. The summed E-state index contributed by atoms with van der Waals surface area (Å²) in [5.41, 5.74) is -0.471. The second kappa shape index (κ2) is 8.64. The predicted octanol–water partition coefficient (Wildman–Crippen LogP) is 4.44. The summed E-state index contributed by atoms with van der Waals surface area (Å²) < 4.78 is 64.4. The molecule has 0 bridgehead atoms. The van der Waals surface area contributed by atoms with Crippen molar-refractivity contribution in [1.29, 1.82) is 5.26 Å². The number of nitriles is 1. The molecule has 1 atom stereocenters. The Kier molecular flexibility index (Phi) is 6.36. The summed E-state index contributed by atoms with van der Waals surface area (Å²) in [6.45, 7) is 2.98. The molecule has 1 fully saturated rings. The van der Waals surface area contributed by atoms with E-state index in [1.165, 1.54) is 12.3 Å². The molecular formula is C21H22F3N3O2S. The van der Waals surface area contributed by atoms with Crippen molar-refractivity contribution in [3.05, 3.63) is 53.7 Å². The number of anilines is 1. The maximum absolute atomic E-state index is 12.9. The number of aromatic nitrogens is 1. The second-order valence-corrected chi connectivity index (χ2v) is 9.93. The van der Waals surface area contributed by atoms with Gasteiger partial charge < -0.3 is 4.90 Å². The molecule has 1 aliphatic rings. The summed E-state index contributed by atoms with van der Waals surface area (Å²) in [7, 11) is -3.85. The second-order valence-electron chi connectivity index (χ2n) is 7.56. The molecule has 1 aromatic heterocycles. The number of hydrogen-bond donors (Lipinski definition) is 0. The Bertz CT molecular complexity index is 1020. The van der Waals surface area contributed by atoms with Crippen LogP contribution in [0, 0.1) is 17.2 Å². The van der Waals surface area contributed by atoms with Gasteiger partial charge in [0.05, 0.1) is 21.3 Å². The van der Waals surface area contributed by atoms with Crippen LogP contribution in [-0.2, 0) is 16.0 Å². The molecule has 1 aromatic carbocycles. The molecule has 0 saturated carbocycles. The van der Waals surface area contributed by atoms with Crippen LogP contribution in [-0.4, -0.2) is 31.7 Å². The number of sulfone groups is 1. The van der Waals surface area contributed by atoms with Gasteiger partial charge in [0.2, 0.25) is 0 Å². The van der Waals surface area contributed by atoms with E-state index in [1.54, 1.807) is 19.1 Å². The molecule has 2 heterocycles. The fourth-order valence-corrected chi connectivity index (χ4v) is 5.26. The highest BCUT2D eigenvalue weighted by Crippen LogP contribution is 2.33. The van der Waals surface area contributed by atoms with Crippen molar-refractivity contribution in [2.24, 2.45) is 5.92 Å².